The van der Waals surface area contributed by atoms with E-state index in [2.05, 4.69) is 12.1 Å². The average molecular weight is 556 g/mol. The van der Waals surface area contributed by atoms with Gasteiger partial charge < -0.3 is 14.6 Å². The van der Waals surface area contributed by atoms with Gasteiger partial charge in [0.25, 0.3) is 0 Å². The number of phenolic OH excluding ortho intramolecular Hbond substituents is 1. The van der Waals surface area contributed by atoms with Crippen LogP contribution in [0, 0.1) is 17.8 Å². The molecule has 0 saturated carbocycles. The zero-order chi connectivity index (χ0) is 27.6. The lowest BCUT2D eigenvalue weighted by Gasteiger charge is -2.31. The Morgan fingerprint density at radius 1 is 1.05 bits per heavy atom. The summed E-state index contributed by atoms with van der Waals surface area (Å²) in [5.74, 6) is -0.741. The van der Waals surface area contributed by atoms with Gasteiger partial charge in [0.05, 0.1) is 37.7 Å². The number of allylic oxidation sites excluding steroid dienone is 1. The van der Waals surface area contributed by atoms with Crippen molar-refractivity contribution < 1.29 is 24.2 Å². The summed E-state index contributed by atoms with van der Waals surface area (Å²) < 4.78 is 12.0. The van der Waals surface area contributed by atoms with E-state index in [9.17, 15) is 14.7 Å². The standard InChI is InChI=1S/C33H33NO5S/c1-38-19-24-17-26-31(33(37)34(32(26)36)18-25-11-7-15-40-25)27-20-39-29(30(24)27)14-13-22(21-8-3-2-4-9-21)16-23-10-5-6-12-28(23)35/h2-12,15-16,26-27,29,31,35H,13-14,17-20H2,1H3/b22-16-/t26-,27+,29-,31-/m1/s1. The van der Waals surface area contributed by atoms with E-state index in [4.69, 9.17) is 9.47 Å². The molecule has 1 aliphatic carbocycles. The lowest BCUT2D eigenvalue weighted by atomic mass is 9.69. The fourth-order valence-electron chi connectivity index (χ4n) is 6.60. The van der Waals surface area contributed by atoms with Crippen LogP contribution in [-0.2, 0) is 25.6 Å². The summed E-state index contributed by atoms with van der Waals surface area (Å²) in [6.07, 6.45) is 3.88. The van der Waals surface area contributed by atoms with E-state index in [1.165, 1.54) is 4.90 Å². The quantitative estimate of drug-likeness (QED) is 0.201. The second-order valence-electron chi connectivity index (χ2n) is 10.7. The zero-order valence-corrected chi connectivity index (χ0v) is 23.3. The van der Waals surface area contributed by atoms with Gasteiger partial charge in [0.1, 0.15) is 5.75 Å². The number of amides is 2. The van der Waals surface area contributed by atoms with Crippen molar-refractivity contribution in [2.45, 2.75) is 31.9 Å². The number of ether oxygens (including phenoxy) is 2. The number of aromatic hydroxyl groups is 1. The van der Waals surface area contributed by atoms with Gasteiger partial charge in [0, 0.05) is 23.5 Å². The zero-order valence-electron chi connectivity index (χ0n) is 22.5. The predicted octanol–water partition coefficient (Wildman–Crippen LogP) is 5.94. The number of rotatable bonds is 9. The molecule has 206 valence electrons. The topological polar surface area (TPSA) is 76.1 Å². The highest BCUT2D eigenvalue weighted by Crippen LogP contribution is 2.50. The highest BCUT2D eigenvalue weighted by atomic mass is 32.1. The number of hydrogen-bond donors (Lipinski definition) is 1. The first-order valence-corrected chi connectivity index (χ1v) is 14.7. The molecular formula is C33H33NO5S. The van der Waals surface area contributed by atoms with Crippen molar-refractivity contribution in [1.82, 2.24) is 4.90 Å². The van der Waals surface area contributed by atoms with Gasteiger partial charge in [-0.1, -0.05) is 54.6 Å². The Bertz CT molecular complexity index is 1440. The Balaban J connectivity index is 1.26. The van der Waals surface area contributed by atoms with Gasteiger partial charge in [-0.25, -0.2) is 0 Å². The van der Waals surface area contributed by atoms with Crippen LogP contribution in [0.3, 0.4) is 0 Å². The number of phenols is 1. The molecule has 0 bridgehead atoms. The van der Waals surface area contributed by atoms with E-state index >= 15 is 0 Å². The van der Waals surface area contributed by atoms with E-state index in [0.717, 1.165) is 45.6 Å². The van der Waals surface area contributed by atoms with Gasteiger partial charge >= 0.3 is 0 Å². The molecule has 2 aliphatic heterocycles. The summed E-state index contributed by atoms with van der Waals surface area (Å²) in [6, 6.07) is 21.4. The fraction of sp³-hybridized carbons (Fsp3) is 0.333. The van der Waals surface area contributed by atoms with Crippen LogP contribution in [0.5, 0.6) is 5.75 Å². The number of thiophene rings is 1. The van der Waals surface area contributed by atoms with Crippen LogP contribution in [-0.4, -0.2) is 48.2 Å². The van der Waals surface area contributed by atoms with Crippen molar-refractivity contribution in [2.24, 2.45) is 17.8 Å². The van der Waals surface area contributed by atoms with E-state index in [1.54, 1.807) is 24.5 Å². The summed E-state index contributed by atoms with van der Waals surface area (Å²) in [7, 11) is 1.67. The van der Waals surface area contributed by atoms with Crippen molar-refractivity contribution in [3.05, 3.63) is 99.3 Å². The predicted molar refractivity (Wildman–Crippen MR) is 155 cm³/mol. The van der Waals surface area contributed by atoms with Crippen LogP contribution in [0.25, 0.3) is 11.6 Å². The Hall–Kier alpha value is -3.52. The van der Waals surface area contributed by atoms with Gasteiger partial charge in [0.2, 0.25) is 11.8 Å². The molecule has 6 nitrogen and oxygen atoms in total. The smallest absolute Gasteiger partial charge is 0.234 e. The Labute approximate surface area is 238 Å². The minimum absolute atomic E-state index is 0.0727. The summed E-state index contributed by atoms with van der Waals surface area (Å²) in [6.45, 7) is 1.20. The molecule has 7 heteroatoms. The van der Waals surface area contributed by atoms with Crippen LogP contribution >= 0.6 is 11.3 Å². The van der Waals surface area contributed by atoms with Crippen molar-refractivity contribution in [3.8, 4) is 5.75 Å². The molecule has 2 amide bonds. The van der Waals surface area contributed by atoms with Gasteiger partial charge in [-0.15, -0.1) is 11.3 Å². The van der Waals surface area contributed by atoms with Crippen LogP contribution in [0.1, 0.15) is 35.3 Å². The lowest BCUT2D eigenvalue weighted by Crippen LogP contribution is -2.35. The highest BCUT2D eigenvalue weighted by Gasteiger charge is 2.56. The molecule has 2 fully saturated rings. The van der Waals surface area contributed by atoms with Crippen LogP contribution in [0.2, 0.25) is 0 Å². The molecule has 3 heterocycles. The molecule has 3 aliphatic rings. The summed E-state index contributed by atoms with van der Waals surface area (Å²) in [4.78, 5) is 29.6. The molecular weight excluding hydrogens is 522 g/mol. The Morgan fingerprint density at radius 2 is 1.85 bits per heavy atom. The molecule has 0 radical (unpaired) electrons. The summed E-state index contributed by atoms with van der Waals surface area (Å²) in [5, 5.41) is 12.4. The van der Waals surface area contributed by atoms with Crippen molar-refractivity contribution in [3.63, 3.8) is 0 Å². The van der Waals surface area contributed by atoms with E-state index in [-0.39, 0.29) is 41.4 Å². The van der Waals surface area contributed by atoms with Crippen molar-refractivity contribution in [2.75, 3.05) is 20.3 Å². The number of carbonyl (C=O) groups is 2. The molecule has 1 N–H and O–H groups in total. The SMILES string of the molecule is COCC1=C2[C@@H](CC/C(=C/c3ccccc3O)c3ccccc3)OC[C@@H]2[C@@H]2C(=O)N(Cc3cccs3)C(=O)[C@@H]2C1. The number of carbonyl (C=O) groups excluding carboxylic acids is 2. The molecule has 2 saturated heterocycles. The number of hydrogen-bond acceptors (Lipinski definition) is 6. The Morgan fingerprint density at radius 3 is 2.60 bits per heavy atom. The minimum Gasteiger partial charge on any atom is -0.507 e. The maximum absolute atomic E-state index is 13.6. The third kappa shape index (κ3) is 5.05. The first-order chi connectivity index (χ1) is 19.5. The number of nitrogens with zero attached hydrogens (tertiary/aromatic N) is 1. The van der Waals surface area contributed by atoms with Crippen LogP contribution in [0.15, 0.2) is 83.3 Å². The third-order valence-electron chi connectivity index (χ3n) is 8.40. The van der Waals surface area contributed by atoms with E-state index < -0.39 is 0 Å². The molecule has 4 atom stereocenters. The van der Waals surface area contributed by atoms with Crippen molar-refractivity contribution in [1.29, 1.82) is 0 Å². The monoisotopic (exact) mass is 555 g/mol. The molecule has 0 spiro atoms. The molecule has 6 rings (SSSR count). The number of benzene rings is 2. The maximum atomic E-state index is 13.6. The minimum atomic E-state index is -0.376. The van der Waals surface area contributed by atoms with Gasteiger partial charge in [-0.05, 0) is 65.1 Å². The number of imide groups is 1. The van der Waals surface area contributed by atoms with Crippen LogP contribution in [0.4, 0.5) is 0 Å². The number of fused-ring (bicyclic) bond motifs is 3. The molecule has 40 heavy (non-hydrogen) atoms. The number of likely N-dealkylation sites (tertiary alicyclic amines) is 1. The van der Waals surface area contributed by atoms with E-state index in [1.807, 2.05) is 60.0 Å². The van der Waals surface area contributed by atoms with E-state index in [0.29, 0.717) is 26.2 Å². The molecule has 0 unspecified atom stereocenters. The van der Waals surface area contributed by atoms with Gasteiger partial charge in [-0.3, -0.25) is 14.5 Å². The summed E-state index contributed by atoms with van der Waals surface area (Å²) in [5.41, 5.74) is 5.22. The number of methoxy groups -OCH3 is 1. The molecule has 3 aromatic rings. The van der Waals surface area contributed by atoms with Gasteiger partial charge in [-0.2, -0.15) is 0 Å². The average Bonchev–Trinajstić information content (AvgIpc) is 3.69. The second kappa shape index (κ2) is 11.5. The molecule has 2 aromatic carbocycles. The largest absolute Gasteiger partial charge is 0.507 e. The highest BCUT2D eigenvalue weighted by molar-refractivity contribution is 7.09. The fourth-order valence-corrected chi connectivity index (χ4v) is 7.29. The maximum Gasteiger partial charge on any atom is 0.234 e. The summed E-state index contributed by atoms with van der Waals surface area (Å²) >= 11 is 1.56. The van der Waals surface area contributed by atoms with Gasteiger partial charge in [0.15, 0.2) is 0 Å². The first kappa shape index (κ1) is 26.7. The van der Waals surface area contributed by atoms with Crippen molar-refractivity contribution >= 4 is 34.8 Å². The normalized spacial score (nSPS) is 24.5. The third-order valence-corrected chi connectivity index (χ3v) is 9.26. The van der Waals surface area contributed by atoms with Crippen LogP contribution < -0.4 is 0 Å². The molecule has 1 aromatic heterocycles. The second-order valence-corrected chi connectivity index (χ2v) is 11.8. The number of para-hydroxylation sites is 1. The lowest BCUT2D eigenvalue weighted by molar-refractivity contribution is -0.140. The Kier molecular flexibility index (Phi) is 7.69. The first-order valence-electron chi connectivity index (χ1n) is 13.8.